The number of nitrogens with one attached hydrogen (secondary N) is 2. The zero-order chi connectivity index (χ0) is 23.1. The molecule has 0 bridgehead atoms. The van der Waals surface area contributed by atoms with Crippen molar-refractivity contribution in [2.45, 2.75) is 0 Å². The topological polar surface area (TPSA) is 105 Å². The second-order valence-electron chi connectivity index (χ2n) is 6.84. The maximum absolute atomic E-state index is 12.5. The van der Waals surface area contributed by atoms with Gasteiger partial charge >= 0.3 is 11.9 Å². The van der Waals surface area contributed by atoms with Crippen LogP contribution in [0.2, 0.25) is 0 Å². The Kier molecular flexibility index (Phi) is 7.02. The number of amides is 1. The molecule has 0 atom stereocenters. The molecule has 3 aromatic rings. The van der Waals surface area contributed by atoms with E-state index >= 15 is 0 Å². The Hall–Kier alpha value is -4.39. The smallest absolute Gasteiger partial charge is 0.337 e. The van der Waals surface area contributed by atoms with Crippen LogP contribution in [0, 0.1) is 0 Å². The minimum atomic E-state index is -1.15. The van der Waals surface area contributed by atoms with Crippen LogP contribution >= 0.6 is 0 Å². The van der Waals surface area contributed by atoms with Crippen LogP contribution in [0.1, 0.15) is 42.2 Å². The maximum Gasteiger partial charge on any atom is 0.337 e. The molecular weight excluding hydrogens is 408 g/mol. The van der Waals surface area contributed by atoms with Gasteiger partial charge in [0.15, 0.2) is 0 Å². The first kappa shape index (κ1) is 22.3. The van der Waals surface area contributed by atoms with Gasteiger partial charge in [-0.05, 0) is 59.7 Å². The van der Waals surface area contributed by atoms with Crippen molar-refractivity contribution in [1.29, 1.82) is 0 Å². The van der Waals surface area contributed by atoms with Gasteiger partial charge in [0.1, 0.15) is 0 Å². The van der Waals surface area contributed by atoms with E-state index < -0.39 is 17.8 Å². The largest absolute Gasteiger partial charge is 0.478 e. The highest BCUT2D eigenvalue weighted by atomic mass is 16.5. The van der Waals surface area contributed by atoms with E-state index in [0.29, 0.717) is 16.7 Å². The molecule has 0 aromatic heterocycles. The van der Waals surface area contributed by atoms with Crippen LogP contribution in [0.15, 0.2) is 66.7 Å². The molecule has 0 aliphatic carbocycles. The molecule has 0 fully saturated rings. The lowest BCUT2D eigenvalue weighted by Crippen LogP contribution is -2.15. The van der Waals surface area contributed by atoms with Crippen molar-refractivity contribution >= 4 is 41.4 Å². The van der Waals surface area contributed by atoms with E-state index in [1.54, 1.807) is 79.9 Å². The number of carbonyl (C=O) groups is 3. The van der Waals surface area contributed by atoms with Crippen molar-refractivity contribution in [1.82, 2.24) is 0 Å². The Morgan fingerprint density at radius 1 is 0.844 bits per heavy atom. The number of aromatic carboxylic acids is 1. The number of ether oxygens (including phenoxy) is 1. The summed E-state index contributed by atoms with van der Waals surface area (Å²) in [7, 11) is 3.10. The molecule has 0 aliphatic heterocycles. The van der Waals surface area contributed by atoms with Crippen LogP contribution in [-0.4, -0.2) is 37.1 Å². The predicted molar refractivity (Wildman–Crippen MR) is 124 cm³/mol. The monoisotopic (exact) mass is 430 g/mol. The van der Waals surface area contributed by atoms with Gasteiger partial charge in [-0.1, -0.05) is 30.4 Å². The van der Waals surface area contributed by atoms with Crippen LogP contribution in [0.5, 0.6) is 0 Å². The molecule has 162 valence electrons. The maximum atomic E-state index is 12.5. The Balaban J connectivity index is 1.78. The molecule has 0 unspecified atom stereocenters. The van der Waals surface area contributed by atoms with Crippen LogP contribution in [0.4, 0.5) is 11.4 Å². The van der Waals surface area contributed by atoms with E-state index in [4.69, 9.17) is 0 Å². The molecule has 0 radical (unpaired) electrons. The summed E-state index contributed by atoms with van der Waals surface area (Å²) in [5, 5.41) is 15.2. The zero-order valence-corrected chi connectivity index (χ0v) is 17.6. The standard InChI is InChI=1S/C25H22N2O5/c1-26-20-12-10-18(11-13-20)23(28)27-22-14-7-17(15-21(22)24(29)30)4-3-16-5-8-19(9-6-16)25(31)32-2/h3-15,26H,1-2H3,(H,27,28)(H,29,30)/b4-3+. The number of anilines is 2. The van der Waals surface area contributed by atoms with Crippen LogP contribution in [0.3, 0.4) is 0 Å². The molecule has 0 heterocycles. The number of carboxylic acids is 1. The zero-order valence-electron chi connectivity index (χ0n) is 17.6. The van der Waals surface area contributed by atoms with Crippen molar-refractivity contribution in [3.63, 3.8) is 0 Å². The highest BCUT2D eigenvalue weighted by Crippen LogP contribution is 2.21. The third kappa shape index (κ3) is 5.40. The van der Waals surface area contributed by atoms with E-state index in [1.165, 1.54) is 13.2 Å². The van der Waals surface area contributed by atoms with Gasteiger partial charge in [0.25, 0.3) is 5.91 Å². The molecule has 1 amide bonds. The predicted octanol–water partition coefficient (Wildman–Crippen LogP) is 4.64. The number of esters is 1. The number of rotatable bonds is 7. The number of hydrogen-bond acceptors (Lipinski definition) is 5. The summed E-state index contributed by atoms with van der Waals surface area (Å²) < 4.78 is 4.67. The second kappa shape index (κ2) is 10.1. The normalized spacial score (nSPS) is 10.6. The highest BCUT2D eigenvalue weighted by Gasteiger charge is 2.14. The summed E-state index contributed by atoms with van der Waals surface area (Å²) in [6.07, 6.45) is 3.55. The molecule has 3 N–H and O–H groups in total. The Bertz CT molecular complexity index is 1170. The summed E-state index contributed by atoms with van der Waals surface area (Å²) in [4.78, 5) is 35.8. The molecule has 0 aliphatic rings. The van der Waals surface area contributed by atoms with E-state index in [9.17, 15) is 19.5 Å². The number of hydrogen-bond donors (Lipinski definition) is 3. The lowest BCUT2D eigenvalue weighted by molar-refractivity contribution is 0.0599. The van der Waals surface area contributed by atoms with Crippen molar-refractivity contribution < 1.29 is 24.2 Å². The van der Waals surface area contributed by atoms with Crippen LogP contribution in [0.25, 0.3) is 12.2 Å². The summed E-state index contributed by atoms with van der Waals surface area (Å²) in [5.74, 6) is -1.96. The van der Waals surface area contributed by atoms with Gasteiger partial charge in [-0.15, -0.1) is 0 Å². The number of carbonyl (C=O) groups excluding carboxylic acids is 2. The van der Waals surface area contributed by atoms with Gasteiger partial charge in [0.2, 0.25) is 0 Å². The molecule has 3 aromatic carbocycles. The second-order valence-corrected chi connectivity index (χ2v) is 6.84. The molecular formula is C25H22N2O5. The first-order valence-electron chi connectivity index (χ1n) is 9.74. The third-order valence-electron chi connectivity index (χ3n) is 4.76. The lowest BCUT2D eigenvalue weighted by Gasteiger charge is -2.10. The molecule has 0 saturated heterocycles. The fraction of sp³-hybridized carbons (Fsp3) is 0.0800. The highest BCUT2D eigenvalue weighted by molar-refractivity contribution is 6.08. The van der Waals surface area contributed by atoms with E-state index in [2.05, 4.69) is 15.4 Å². The van der Waals surface area contributed by atoms with Crippen molar-refractivity contribution in [3.05, 3.63) is 94.5 Å². The van der Waals surface area contributed by atoms with Crippen LogP contribution in [-0.2, 0) is 4.74 Å². The molecule has 7 heteroatoms. The van der Waals surface area contributed by atoms with Gasteiger partial charge in [-0.3, -0.25) is 4.79 Å². The Morgan fingerprint density at radius 3 is 2.03 bits per heavy atom. The van der Waals surface area contributed by atoms with Crippen molar-refractivity contribution in [2.24, 2.45) is 0 Å². The van der Waals surface area contributed by atoms with E-state index in [1.807, 2.05) is 0 Å². The first-order chi connectivity index (χ1) is 15.4. The third-order valence-corrected chi connectivity index (χ3v) is 4.76. The van der Waals surface area contributed by atoms with Crippen molar-refractivity contribution in [3.8, 4) is 0 Å². The summed E-state index contributed by atoms with van der Waals surface area (Å²) in [6, 6.07) is 18.4. The minimum Gasteiger partial charge on any atom is -0.478 e. The Morgan fingerprint density at radius 2 is 1.44 bits per heavy atom. The summed E-state index contributed by atoms with van der Waals surface area (Å²) in [6.45, 7) is 0. The van der Waals surface area contributed by atoms with Gasteiger partial charge in [0, 0.05) is 18.3 Å². The lowest BCUT2D eigenvalue weighted by atomic mass is 10.1. The van der Waals surface area contributed by atoms with Gasteiger partial charge < -0.3 is 20.5 Å². The average Bonchev–Trinajstić information content (AvgIpc) is 2.83. The fourth-order valence-electron chi connectivity index (χ4n) is 2.97. The minimum absolute atomic E-state index is 0.0200. The van der Waals surface area contributed by atoms with Gasteiger partial charge in [0.05, 0.1) is 23.9 Å². The number of methoxy groups -OCH3 is 1. The van der Waals surface area contributed by atoms with Gasteiger partial charge in [-0.2, -0.15) is 0 Å². The van der Waals surface area contributed by atoms with Crippen LogP contribution < -0.4 is 10.6 Å². The number of carboxylic acid groups (broad SMARTS) is 1. The number of benzene rings is 3. The summed E-state index contributed by atoms with van der Waals surface area (Å²) >= 11 is 0. The molecule has 3 rings (SSSR count). The molecule has 0 saturated carbocycles. The Labute approximate surface area is 185 Å². The average molecular weight is 430 g/mol. The van der Waals surface area contributed by atoms with E-state index in [-0.39, 0.29) is 11.3 Å². The quantitative estimate of drug-likeness (QED) is 0.373. The first-order valence-corrected chi connectivity index (χ1v) is 9.74. The molecule has 0 spiro atoms. The molecule has 7 nitrogen and oxygen atoms in total. The van der Waals surface area contributed by atoms with Gasteiger partial charge in [-0.25, -0.2) is 9.59 Å². The summed E-state index contributed by atoms with van der Waals surface area (Å²) in [5.41, 5.74) is 3.39. The van der Waals surface area contributed by atoms with Crippen molar-refractivity contribution in [2.75, 3.05) is 24.8 Å². The SMILES string of the molecule is CNc1ccc(C(=O)Nc2ccc(/C=C/c3ccc(C(=O)OC)cc3)cc2C(=O)O)cc1. The fourth-order valence-corrected chi connectivity index (χ4v) is 2.97. The van der Waals surface area contributed by atoms with E-state index in [0.717, 1.165) is 11.3 Å². The molecule has 32 heavy (non-hydrogen) atoms.